The van der Waals surface area contributed by atoms with E-state index in [9.17, 15) is 13.2 Å². The van der Waals surface area contributed by atoms with Gasteiger partial charge in [0.15, 0.2) is 5.78 Å². The van der Waals surface area contributed by atoms with Crippen molar-refractivity contribution in [2.75, 3.05) is 19.7 Å². The number of hydrogen-bond acceptors (Lipinski definition) is 4. The number of hydrogen-bond donors (Lipinski definition) is 1. The van der Waals surface area contributed by atoms with E-state index in [1.807, 2.05) is 0 Å². The van der Waals surface area contributed by atoms with Gasteiger partial charge in [-0.1, -0.05) is 12.1 Å². The van der Waals surface area contributed by atoms with Gasteiger partial charge < -0.3 is 5.11 Å². The van der Waals surface area contributed by atoms with Gasteiger partial charge in [0.25, 0.3) is 0 Å². The Bertz CT molecular complexity index is 593. The van der Waals surface area contributed by atoms with E-state index in [4.69, 9.17) is 5.11 Å². The molecule has 2 rings (SSSR count). The van der Waals surface area contributed by atoms with Crippen LogP contribution in [0.1, 0.15) is 36.5 Å². The molecular formula is C15H21NO4S. The number of carbonyl (C=O) groups excluding carboxylic acids is 1. The first-order valence-electron chi connectivity index (χ1n) is 7.17. The first-order valence-corrected chi connectivity index (χ1v) is 8.61. The molecule has 1 aromatic rings. The molecular weight excluding hydrogens is 290 g/mol. The zero-order chi connectivity index (χ0) is 15.5. The molecule has 0 saturated carbocycles. The van der Waals surface area contributed by atoms with Crippen molar-refractivity contribution >= 4 is 15.8 Å². The topological polar surface area (TPSA) is 74.7 Å². The minimum absolute atomic E-state index is 0.0834. The highest BCUT2D eigenvalue weighted by atomic mass is 32.2. The number of piperidine rings is 1. The molecule has 21 heavy (non-hydrogen) atoms. The molecule has 1 aromatic carbocycles. The van der Waals surface area contributed by atoms with E-state index in [0.717, 1.165) is 12.8 Å². The van der Waals surface area contributed by atoms with E-state index in [2.05, 4.69) is 0 Å². The number of rotatable bonds is 5. The molecule has 6 heteroatoms. The number of ketones is 1. The zero-order valence-electron chi connectivity index (χ0n) is 12.2. The molecule has 1 aliphatic rings. The van der Waals surface area contributed by atoms with Crippen LogP contribution >= 0.6 is 0 Å². The van der Waals surface area contributed by atoms with Gasteiger partial charge in [-0.05, 0) is 44.2 Å². The molecule has 116 valence electrons. The van der Waals surface area contributed by atoms with Crippen LogP contribution in [0.5, 0.6) is 0 Å². The molecule has 0 aliphatic carbocycles. The lowest BCUT2D eigenvalue weighted by Crippen LogP contribution is -2.40. The third-order valence-corrected chi connectivity index (χ3v) is 5.80. The maximum absolute atomic E-state index is 12.6. The average Bonchev–Trinajstić information content (AvgIpc) is 2.48. The lowest BCUT2D eigenvalue weighted by molar-refractivity contribution is 0.101. The van der Waals surface area contributed by atoms with E-state index in [1.165, 1.54) is 23.4 Å². The second-order valence-corrected chi connectivity index (χ2v) is 7.40. The Hall–Kier alpha value is -1.24. The number of sulfonamides is 1. The predicted octanol–water partition coefficient (Wildman–Crippen LogP) is 1.67. The van der Waals surface area contributed by atoms with Gasteiger partial charge >= 0.3 is 0 Å². The summed E-state index contributed by atoms with van der Waals surface area (Å²) in [6.45, 7) is 2.51. The normalized spacial score (nSPS) is 20.4. The maximum atomic E-state index is 12.6. The van der Waals surface area contributed by atoms with Crippen LogP contribution in [0.25, 0.3) is 0 Å². The second kappa shape index (κ2) is 6.68. The van der Waals surface area contributed by atoms with Crippen molar-refractivity contribution in [3.05, 3.63) is 29.8 Å². The summed E-state index contributed by atoms with van der Waals surface area (Å²) in [4.78, 5) is 11.5. The van der Waals surface area contributed by atoms with Gasteiger partial charge in [0, 0.05) is 25.3 Å². The van der Waals surface area contributed by atoms with Crippen LogP contribution in [0.4, 0.5) is 0 Å². The quantitative estimate of drug-likeness (QED) is 0.839. The number of aliphatic hydroxyl groups excluding tert-OH is 1. The Labute approximate surface area is 125 Å². The van der Waals surface area contributed by atoms with Gasteiger partial charge in [-0.15, -0.1) is 0 Å². The minimum atomic E-state index is -3.52. The van der Waals surface area contributed by atoms with Gasteiger partial charge in [0.2, 0.25) is 10.0 Å². The number of carbonyl (C=O) groups is 1. The largest absolute Gasteiger partial charge is 0.396 e. The summed E-state index contributed by atoms with van der Waals surface area (Å²) in [7, 11) is -3.52. The van der Waals surface area contributed by atoms with E-state index >= 15 is 0 Å². The Morgan fingerprint density at radius 3 is 2.57 bits per heavy atom. The second-order valence-electron chi connectivity index (χ2n) is 5.46. The monoisotopic (exact) mass is 311 g/mol. The summed E-state index contributed by atoms with van der Waals surface area (Å²) in [6, 6.07) is 6.07. The van der Waals surface area contributed by atoms with Crippen molar-refractivity contribution in [2.24, 2.45) is 5.92 Å². The van der Waals surface area contributed by atoms with E-state index in [1.54, 1.807) is 12.1 Å². The van der Waals surface area contributed by atoms with Crippen molar-refractivity contribution in [1.29, 1.82) is 0 Å². The van der Waals surface area contributed by atoms with Gasteiger partial charge in [-0.2, -0.15) is 4.31 Å². The van der Waals surface area contributed by atoms with Gasteiger partial charge in [-0.25, -0.2) is 8.42 Å². The van der Waals surface area contributed by atoms with Crippen LogP contribution in [0.2, 0.25) is 0 Å². The summed E-state index contributed by atoms with van der Waals surface area (Å²) in [5.74, 6) is 0.134. The fourth-order valence-electron chi connectivity index (χ4n) is 2.67. The summed E-state index contributed by atoms with van der Waals surface area (Å²) >= 11 is 0. The highest BCUT2D eigenvalue weighted by Gasteiger charge is 2.29. The molecule has 5 nitrogen and oxygen atoms in total. The number of benzene rings is 1. The van der Waals surface area contributed by atoms with Crippen LogP contribution < -0.4 is 0 Å². The first kappa shape index (κ1) is 16.1. The zero-order valence-corrected chi connectivity index (χ0v) is 13.0. The molecule has 1 heterocycles. The molecule has 0 bridgehead atoms. The standard InChI is InChI=1S/C15H21NO4S/c1-12(18)14-4-6-15(7-5-14)21(19,20)16-9-2-3-13(11-16)8-10-17/h4-7,13,17H,2-3,8-11H2,1H3. The molecule has 1 saturated heterocycles. The minimum Gasteiger partial charge on any atom is -0.396 e. The number of Topliss-reactive ketones (excluding diaryl/α,β-unsaturated/α-hetero) is 1. The van der Waals surface area contributed by atoms with Gasteiger partial charge in [0.1, 0.15) is 0 Å². The van der Waals surface area contributed by atoms with Crippen LogP contribution in [0.3, 0.4) is 0 Å². The number of aliphatic hydroxyl groups is 1. The summed E-state index contributed by atoms with van der Waals surface area (Å²) in [6.07, 6.45) is 2.40. The molecule has 1 N–H and O–H groups in total. The molecule has 0 spiro atoms. The SMILES string of the molecule is CC(=O)c1ccc(S(=O)(=O)N2CCCC(CCO)C2)cc1. The van der Waals surface area contributed by atoms with Crippen LogP contribution in [0.15, 0.2) is 29.2 Å². The lowest BCUT2D eigenvalue weighted by Gasteiger charge is -2.31. The highest BCUT2D eigenvalue weighted by molar-refractivity contribution is 7.89. The van der Waals surface area contributed by atoms with Crippen LogP contribution in [0, 0.1) is 5.92 Å². The van der Waals surface area contributed by atoms with Crippen LogP contribution in [-0.4, -0.2) is 43.3 Å². The molecule has 0 radical (unpaired) electrons. The van der Waals surface area contributed by atoms with Crippen molar-refractivity contribution in [1.82, 2.24) is 4.31 Å². The van der Waals surface area contributed by atoms with Crippen molar-refractivity contribution in [2.45, 2.75) is 31.1 Å². The fraction of sp³-hybridized carbons (Fsp3) is 0.533. The highest BCUT2D eigenvalue weighted by Crippen LogP contribution is 2.25. The third kappa shape index (κ3) is 3.70. The Morgan fingerprint density at radius 1 is 1.33 bits per heavy atom. The Kier molecular flexibility index (Phi) is 5.13. The van der Waals surface area contributed by atoms with Gasteiger partial charge in [0.05, 0.1) is 4.90 Å². The summed E-state index contributed by atoms with van der Waals surface area (Å²) < 4.78 is 26.7. The van der Waals surface area contributed by atoms with Crippen LogP contribution in [-0.2, 0) is 10.0 Å². The molecule has 0 aromatic heterocycles. The van der Waals surface area contributed by atoms with Crippen molar-refractivity contribution in [3.63, 3.8) is 0 Å². The summed E-state index contributed by atoms with van der Waals surface area (Å²) in [5, 5.41) is 9.01. The first-order chi connectivity index (χ1) is 9.95. The smallest absolute Gasteiger partial charge is 0.243 e. The number of nitrogens with zero attached hydrogens (tertiary/aromatic N) is 1. The van der Waals surface area contributed by atoms with E-state index in [-0.39, 0.29) is 23.2 Å². The molecule has 1 fully saturated rings. The maximum Gasteiger partial charge on any atom is 0.243 e. The van der Waals surface area contributed by atoms with E-state index in [0.29, 0.717) is 25.1 Å². The van der Waals surface area contributed by atoms with Gasteiger partial charge in [-0.3, -0.25) is 4.79 Å². The van der Waals surface area contributed by atoms with Crippen molar-refractivity contribution in [3.8, 4) is 0 Å². The average molecular weight is 311 g/mol. The molecule has 1 atom stereocenters. The molecule has 1 unspecified atom stereocenters. The fourth-order valence-corrected chi connectivity index (χ4v) is 4.23. The van der Waals surface area contributed by atoms with Crippen molar-refractivity contribution < 1.29 is 18.3 Å². The third-order valence-electron chi connectivity index (χ3n) is 3.92. The lowest BCUT2D eigenvalue weighted by atomic mass is 9.97. The predicted molar refractivity (Wildman–Crippen MR) is 79.6 cm³/mol. The van der Waals surface area contributed by atoms with E-state index < -0.39 is 10.0 Å². The summed E-state index contributed by atoms with van der Waals surface area (Å²) in [5.41, 5.74) is 0.505. The molecule has 0 amide bonds. The Balaban J connectivity index is 2.18. The molecule has 1 aliphatic heterocycles. The Morgan fingerprint density at radius 2 is 2.00 bits per heavy atom.